The van der Waals surface area contributed by atoms with E-state index in [2.05, 4.69) is 31.9 Å². The van der Waals surface area contributed by atoms with Gasteiger partial charge in [0.25, 0.3) is 0 Å². The number of benzene rings is 1. The van der Waals surface area contributed by atoms with E-state index in [9.17, 15) is 78.6 Å². The Bertz CT molecular complexity index is 1740. The van der Waals surface area contributed by atoms with Crippen LogP contribution in [0.3, 0.4) is 0 Å². The van der Waals surface area contributed by atoms with Gasteiger partial charge >= 0.3 is 17.9 Å². The number of hydrogen-bond acceptors (Lipinski definition) is 16. The highest BCUT2D eigenvalue weighted by Crippen LogP contribution is 2.09. The molecule has 9 atom stereocenters. The summed E-state index contributed by atoms with van der Waals surface area (Å²) in [6, 6.07) is -5.81. The quantitative estimate of drug-likeness (QED) is 0.0319. The minimum Gasteiger partial charge on any atom is -0.481 e. The van der Waals surface area contributed by atoms with Crippen molar-refractivity contribution < 1.29 is 83.7 Å². The fourth-order valence-corrected chi connectivity index (χ4v) is 5.50. The summed E-state index contributed by atoms with van der Waals surface area (Å²) in [5.41, 5.74) is 11.4. The van der Waals surface area contributed by atoms with Crippen molar-refractivity contribution in [2.75, 3.05) is 26.4 Å². The highest BCUT2D eigenvalue weighted by atomic mass is 16.4. The van der Waals surface area contributed by atoms with E-state index in [1.54, 1.807) is 30.3 Å². The van der Waals surface area contributed by atoms with Crippen LogP contribution in [0, 0.1) is 0 Å². The standard InChI is InChI=1S/C37H57N9O17/c1-18(50)29(46-35(60)25(16-48)43-30(55)20(39)14-28(53)54)36(61)42-23(13-19-7-3-2-4-8-19)33(58)41-22(10-11-27(51)52)32(57)44-24(15-47)34(59)40-21(9-5-6-12-38)31(56)45-26(17-49)37(62)63/h2-4,7-8,18,20-26,29,47-50H,5-6,9-17,38-39H2,1H3,(H,40,59)(H,41,58)(H,42,61)(H,43,55)(H,44,57)(H,45,56)(H,46,60)(H,51,52)(H,53,54)(H,62,63)/t18-,20+,21+,22+,23+,24+,25+,26+,29+/m1/s1. The second-order valence-corrected chi connectivity index (χ2v) is 14.1. The molecular weight excluding hydrogens is 842 g/mol. The van der Waals surface area contributed by atoms with Crippen molar-refractivity contribution in [3.8, 4) is 0 Å². The molecule has 26 heteroatoms. The Morgan fingerprint density at radius 1 is 0.556 bits per heavy atom. The van der Waals surface area contributed by atoms with Crippen molar-refractivity contribution in [1.29, 1.82) is 0 Å². The van der Waals surface area contributed by atoms with E-state index >= 15 is 0 Å². The number of amides is 7. The zero-order valence-corrected chi connectivity index (χ0v) is 34.2. The lowest BCUT2D eigenvalue weighted by Gasteiger charge is -2.28. The van der Waals surface area contributed by atoms with Crippen LogP contribution in [-0.4, -0.2) is 176 Å². The summed E-state index contributed by atoms with van der Waals surface area (Å²) in [7, 11) is 0. The summed E-state index contributed by atoms with van der Waals surface area (Å²) in [5, 5.41) is 82.4. The van der Waals surface area contributed by atoms with Gasteiger partial charge in [0.2, 0.25) is 41.4 Å². The number of carbonyl (C=O) groups is 10. The number of nitrogens with one attached hydrogen (secondary N) is 7. The van der Waals surface area contributed by atoms with Gasteiger partial charge in [-0.05, 0) is 44.7 Å². The Balaban J connectivity index is 3.38. The lowest BCUT2D eigenvalue weighted by Crippen LogP contribution is -2.62. The van der Waals surface area contributed by atoms with Crippen molar-refractivity contribution in [2.24, 2.45) is 11.5 Å². The number of unbranched alkanes of at least 4 members (excludes halogenated alkanes) is 1. The van der Waals surface area contributed by atoms with Gasteiger partial charge in [-0.25, -0.2) is 4.79 Å². The fraction of sp³-hybridized carbons (Fsp3) is 0.568. The maximum Gasteiger partial charge on any atom is 0.328 e. The molecule has 7 amide bonds. The van der Waals surface area contributed by atoms with E-state index in [0.717, 1.165) is 6.92 Å². The SMILES string of the molecule is C[C@@H](O)[C@H](NC(=O)[C@H](CO)NC(=O)[C@@H](N)CC(=O)O)C(=O)N[C@@H](Cc1ccccc1)C(=O)N[C@@H](CCC(=O)O)C(=O)N[C@@H](CO)C(=O)N[C@@H](CCCCN)C(=O)N[C@@H](CO)C(=O)O. The molecule has 352 valence electrons. The molecule has 0 unspecified atom stereocenters. The van der Waals surface area contributed by atoms with Crippen LogP contribution in [-0.2, 0) is 54.4 Å². The van der Waals surface area contributed by atoms with Crippen LogP contribution in [0.5, 0.6) is 0 Å². The summed E-state index contributed by atoms with van der Waals surface area (Å²) < 4.78 is 0. The average Bonchev–Trinajstić information content (AvgIpc) is 3.22. The monoisotopic (exact) mass is 899 g/mol. The molecule has 0 spiro atoms. The van der Waals surface area contributed by atoms with Crippen LogP contribution < -0.4 is 48.7 Å². The number of nitrogens with two attached hydrogens (primary N) is 2. The molecule has 18 N–H and O–H groups in total. The van der Waals surface area contributed by atoms with Gasteiger partial charge < -0.3 is 84.4 Å². The lowest BCUT2D eigenvalue weighted by atomic mass is 10.0. The molecule has 0 heterocycles. The first kappa shape index (κ1) is 54.7. The summed E-state index contributed by atoms with van der Waals surface area (Å²) >= 11 is 0. The third kappa shape index (κ3) is 19.9. The van der Waals surface area contributed by atoms with Gasteiger partial charge in [0, 0.05) is 12.8 Å². The van der Waals surface area contributed by atoms with Crippen LogP contribution in [0.25, 0.3) is 0 Å². The van der Waals surface area contributed by atoms with Gasteiger partial charge in [0.05, 0.1) is 38.4 Å². The van der Waals surface area contributed by atoms with Gasteiger partial charge in [0.15, 0.2) is 0 Å². The van der Waals surface area contributed by atoms with Crippen LogP contribution in [0.2, 0.25) is 0 Å². The van der Waals surface area contributed by atoms with Crippen molar-refractivity contribution >= 4 is 59.3 Å². The highest BCUT2D eigenvalue weighted by molar-refractivity contribution is 5.98. The first-order valence-corrected chi connectivity index (χ1v) is 19.5. The minimum absolute atomic E-state index is 0.0913. The summed E-state index contributed by atoms with van der Waals surface area (Å²) in [6.07, 6.45) is -3.64. The molecule has 1 rings (SSSR count). The first-order chi connectivity index (χ1) is 29.7. The molecule has 0 aliphatic rings. The summed E-state index contributed by atoms with van der Waals surface area (Å²) in [5.74, 6) is -12.5. The zero-order valence-electron chi connectivity index (χ0n) is 34.2. The maximum absolute atomic E-state index is 13.9. The van der Waals surface area contributed by atoms with E-state index in [-0.39, 0.29) is 25.8 Å². The molecule has 0 aliphatic carbocycles. The normalized spacial score (nSPS) is 15.2. The minimum atomic E-state index is -1.88. The van der Waals surface area contributed by atoms with Crippen molar-refractivity contribution in [3.63, 3.8) is 0 Å². The topological polar surface area (TPSA) is 449 Å². The molecule has 0 aliphatic heterocycles. The number of rotatable bonds is 30. The summed E-state index contributed by atoms with van der Waals surface area (Å²) in [6.45, 7) is -1.88. The maximum atomic E-state index is 13.9. The van der Waals surface area contributed by atoms with E-state index < -0.39 is 153 Å². The van der Waals surface area contributed by atoms with Crippen LogP contribution in [0.4, 0.5) is 0 Å². The molecule has 0 radical (unpaired) electrons. The fourth-order valence-electron chi connectivity index (χ4n) is 5.50. The van der Waals surface area contributed by atoms with E-state index in [1.165, 1.54) is 0 Å². The van der Waals surface area contributed by atoms with Gasteiger partial charge in [0.1, 0.15) is 42.3 Å². The Kier molecular flexibility index (Phi) is 24.6. The van der Waals surface area contributed by atoms with E-state index in [4.69, 9.17) is 16.6 Å². The number of carbonyl (C=O) groups excluding carboxylic acids is 7. The Morgan fingerprint density at radius 2 is 1.00 bits per heavy atom. The molecule has 0 fully saturated rings. The number of carboxylic acid groups (broad SMARTS) is 3. The number of carboxylic acids is 3. The van der Waals surface area contributed by atoms with Crippen molar-refractivity contribution in [2.45, 2.75) is 106 Å². The second kappa shape index (κ2) is 28.3. The number of aliphatic hydroxyl groups is 4. The van der Waals surface area contributed by atoms with Gasteiger partial charge in [-0.1, -0.05) is 30.3 Å². The number of hydrogen-bond donors (Lipinski definition) is 16. The predicted octanol–water partition coefficient (Wildman–Crippen LogP) is -7.14. The molecule has 1 aromatic rings. The van der Waals surface area contributed by atoms with Crippen molar-refractivity contribution in [1.82, 2.24) is 37.2 Å². The van der Waals surface area contributed by atoms with Crippen LogP contribution in [0.1, 0.15) is 51.0 Å². The predicted molar refractivity (Wildman–Crippen MR) is 214 cm³/mol. The highest BCUT2D eigenvalue weighted by Gasteiger charge is 2.35. The van der Waals surface area contributed by atoms with Gasteiger partial charge in [-0.2, -0.15) is 0 Å². The molecule has 0 bridgehead atoms. The zero-order chi connectivity index (χ0) is 47.8. The Hall–Kier alpha value is -6.32. The van der Waals surface area contributed by atoms with Gasteiger partial charge in [-0.3, -0.25) is 43.2 Å². The number of aliphatic carboxylic acids is 3. The van der Waals surface area contributed by atoms with Gasteiger partial charge in [-0.15, -0.1) is 0 Å². The van der Waals surface area contributed by atoms with E-state index in [1.807, 2.05) is 5.32 Å². The number of aliphatic hydroxyl groups excluding tert-OH is 4. The molecule has 0 aromatic heterocycles. The molecule has 26 nitrogen and oxygen atoms in total. The third-order valence-electron chi connectivity index (χ3n) is 9.00. The molecular formula is C37H57N9O17. The molecule has 0 saturated heterocycles. The van der Waals surface area contributed by atoms with Crippen molar-refractivity contribution in [3.05, 3.63) is 35.9 Å². The smallest absolute Gasteiger partial charge is 0.328 e. The summed E-state index contributed by atoms with van der Waals surface area (Å²) in [4.78, 5) is 126. The Morgan fingerprint density at radius 3 is 1.48 bits per heavy atom. The Labute approximate surface area is 359 Å². The molecule has 1 aromatic carbocycles. The largest absolute Gasteiger partial charge is 0.481 e. The average molecular weight is 900 g/mol. The second-order valence-electron chi connectivity index (χ2n) is 14.1. The van der Waals surface area contributed by atoms with Crippen LogP contribution >= 0.6 is 0 Å². The first-order valence-electron chi connectivity index (χ1n) is 19.5. The molecule has 63 heavy (non-hydrogen) atoms. The van der Waals surface area contributed by atoms with E-state index in [0.29, 0.717) is 12.0 Å². The lowest BCUT2D eigenvalue weighted by molar-refractivity contribution is -0.143. The van der Waals surface area contributed by atoms with Crippen LogP contribution in [0.15, 0.2) is 30.3 Å². The third-order valence-corrected chi connectivity index (χ3v) is 9.00. The molecule has 0 saturated carbocycles.